The molecule has 0 spiro atoms. The average Bonchev–Trinajstić information content (AvgIpc) is 2.78. The molecule has 100 valence electrons. The number of benzene rings is 2. The van der Waals surface area contributed by atoms with Crippen molar-refractivity contribution in [3.8, 4) is 11.8 Å². The van der Waals surface area contributed by atoms with Gasteiger partial charge in [-0.3, -0.25) is 0 Å². The summed E-state index contributed by atoms with van der Waals surface area (Å²) in [5.74, 6) is -1.37. The first-order chi connectivity index (χ1) is 9.66. The fourth-order valence-electron chi connectivity index (χ4n) is 2.03. The Labute approximate surface area is 114 Å². The second-order valence-corrected chi connectivity index (χ2v) is 4.25. The van der Waals surface area contributed by atoms with Crippen LogP contribution in [0.15, 0.2) is 54.6 Å². The molecule has 0 saturated carbocycles. The minimum atomic E-state index is -0.663. The molecule has 0 amide bonds. The SMILES string of the molecule is O=C(On1c(O)ccc1O)c1cccc2ccccc12. The number of hydrogen-bond acceptors (Lipinski definition) is 4. The third-order valence-corrected chi connectivity index (χ3v) is 2.98. The highest BCUT2D eigenvalue weighted by Crippen LogP contribution is 2.22. The Hall–Kier alpha value is -2.95. The van der Waals surface area contributed by atoms with Gasteiger partial charge in [-0.1, -0.05) is 36.4 Å². The van der Waals surface area contributed by atoms with Crippen molar-refractivity contribution in [2.24, 2.45) is 0 Å². The number of aromatic hydroxyl groups is 2. The second kappa shape index (κ2) is 4.62. The first-order valence-corrected chi connectivity index (χ1v) is 5.97. The summed E-state index contributed by atoms with van der Waals surface area (Å²) in [4.78, 5) is 17.2. The molecular formula is C15H11NO4. The van der Waals surface area contributed by atoms with E-state index in [4.69, 9.17) is 4.84 Å². The van der Waals surface area contributed by atoms with E-state index in [0.717, 1.165) is 10.8 Å². The molecule has 1 aromatic heterocycles. The number of rotatable bonds is 2. The lowest BCUT2D eigenvalue weighted by molar-refractivity contribution is 0.0384. The number of carbonyl (C=O) groups excluding carboxylic acids is 1. The normalized spacial score (nSPS) is 10.6. The maximum absolute atomic E-state index is 12.2. The van der Waals surface area contributed by atoms with Gasteiger partial charge >= 0.3 is 5.97 Å². The van der Waals surface area contributed by atoms with Gasteiger partial charge in [0.15, 0.2) is 0 Å². The maximum atomic E-state index is 12.2. The Kier molecular flexibility index (Phi) is 2.80. The predicted molar refractivity (Wildman–Crippen MR) is 72.6 cm³/mol. The maximum Gasteiger partial charge on any atom is 0.364 e. The molecule has 0 fully saturated rings. The van der Waals surface area contributed by atoms with Crippen LogP contribution in [0.25, 0.3) is 10.8 Å². The topological polar surface area (TPSA) is 71.7 Å². The van der Waals surface area contributed by atoms with Crippen LogP contribution < -0.4 is 4.84 Å². The summed E-state index contributed by atoms with van der Waals surface area (Å²) in [5, 5.41) is 20.6. The van der Waals surface area contributed by atoms with Crippen molar-refractivity contribution in [1.29, 1.82) is 0 Å². The lowest BCUT2D eigenvalue weighted by Gasteiger charge is -2.08. The Morgan fingerprint density at radius 1 is 0.900 bits per heavy atom. The molecule has 0 unspecified atom stereocenters. The van der Waals surface area contributed by atoms with Gasteiger partial charge < -0.3 is 15.1 Å². The van der Waals surface area contributed by atoms with Crippen molar-refractivity contribution >= 4 is 16.7 Å². The zero-order valence-electron chi connectivity index (χ0n) is 10.4. The van der Waals surface area contributed by atoms with Crippen molar-refractivity contribution in [3.63, 3.8) is 0 Å². The lowest BCUT2D eigenvalue weighted by Crippen LogP contribution is -2.19. The van der Waals surface area contributed by atoms with E-state index < -0.39 is 5.97 Å². The third kappa shape index (κ3) is 1.95. The Morgan fingerprint density at radius 3 is 2.30 bits per heavy atom. The summed E-state index contributed by atoms with van der Waals surface area (Å²) in [6.45, 7) is 0. The second-order valence-electron chi connectivity index (χ2n) is 4.25. The van der Waals surface area contributed by atoms with Gasteiger partial charge in [0.25, 0.3) is 0 Å². The van der Waals surface area contributed by atoms with Gasteiger partial charge in [-0.2, -0.15) is 0 Å². The quantitative estimate of drug-likeness (QED) is 0.749. The summed E-state index contributed by atoms with van der Waals surface area (Å²) < 4.78 is 0.671. The summed E-state index contributed by atoms with van der Waals surface area (Å²) in [6, 6.07) is 15.1. The molecule has 2 N–H and O–H groups in total. The molecule has 0 atom stereocenters. The van der Waals surface area contributed by atoms with E-state index >= 15 is 0 Å². The largest absolute Gasteiger partial charge is 0.492 e. The fourth-order valence-corrected chi connectivity index (χ4v) is 2.03. The number of carbonyl (C=O) groups is 1. The van der Waals surface area contributed by atoms with E-state index in [-0.39, 0.29) is 11.8 Å². The van der Waals surface area contributed by atoms with Crippen LogP contribution >= 0.6 is 0 Å². The molecule has 0 radical (unpaired) electrons. The molecule has 2 aromatic carbocycles. The number of hydrogen-bond donors (Lipinski definition) is 2. The molecule has 0 saturated heterocycles. The summed E-state index contributed by atoms with van der Waals surface area (Å²) >= 11 is 0. The molecule has 5 nitrogen and oxygen atoms in total. The van der Waals surface area contributed by atoms with Gasteiger partial charge in [0.05, 0.1) is 5.56 Å². The molecule has 0 aliphatic rings. The highest BCUT2D eigenvalue weighted by atomic mass is 16.7. The van der Waals surface area contributed by atoms with Crippen molar-refractivity contribution in [2.75, 3.05) is 0 Å². The molecule has 3 aromatic rings. The zero-order chi connectivity index (χ0) is 14.1. The first-order valence-electron chi connectivity index (χ1n) is 5.97. The van der Waals surface area contributed by atoms with Crippen LogP contribution in [0.2, 0.25) is 0 Å². The van der Waals surface area contributed by atoms with E-state index in [9.17, 15) is 15.0 Å². The highest BCUT2D eigenvalue weighted by Gasteiger charge is 2.16. The zero-order valence-corrected chi connectivity index (χ0v) is 10.4. The van der Waals surface area contributed by atoms with E-state index in [1.54, 1.807) is 18.2 Å². The van der Waals surface area contributed by atoms with Gasteiger partial charge in [0.2, 0.25) is 11.8 Å². The summed E-state index contributed by atoms with van der Waals surface area (Å²) in [5.41, 5.74) is 0.357. The van der Waals surface area contributed by atoms with Crippen molar-refractivity contribution in [1.82, 2.24) is 4.73 Å². The van der Waals surface area contributed by atoms with Gasteiger partial charge in [-0.05, 0) is 16.8 Å². The van der Waals surface area contributed by atoms with E-state index in [2.05, 4.69) is 0 Å². The minimum Gasteiger partial charge on any atom is -0.492 e. The molecular weight excluding hydrogens is 258 g/mol. The highest BCUT2D eigenvalue weighted by molar-refractivity contribution is 6.04. The van der Waals surface area contributed by atoms with Crippen molar-refractivity contribution < 1.29 is 19.8 Å². The standard InChI is InChI=1S/C15H11NO4/c17-13-8-9-14(18)16(13)20-15(19)12-7-3-5-10-4-1-2-6-11(10)12/h1-9,17-18H. The number of nitrogens with zero attached hydrogens (tertiary/aromatic N) is 1. The molecule has 5 heteroatoms. The molecule has 3 rings (SSSR count). The fraction of sp³-hybridized carbons (Fsp3) is 0. The minimum absolute atomic E-state index is 0.351. The number of fused-ring (bicyclic) bond motifs is 1. The average molecular weight is 269 g/mol. The lowest BCUT2D eigenvalue weighted by atomic mass is 10.1. The van der Waals surface area contributed by atoms with Crippen LogP contribution in [0.1, 0.15) is 10.4 Å². The monoisotopic (exact) mass is 269 g/mol. The van der Waals surface area contributed by atoms with Crippen LogP contribution in [-0.2, 0) is 0 Å². The smallest absolute Gasteiger partial charge is 0.364 e. The molecule has 0 bridgehead atoms. The third-order valence-electron chi connectivity index (χ3n) is 2.98. The van der Waals surface area contributed by atoms with E-state index in [1.807, 2.05) is 24.3 Å². The van der Waals surface area contributed by atoms with Gasteiger partial charge in [-0.25, -0.2) is 4.79 Å². The van der Waals surface area contributed by atoms with Crippen LogP contribution in [0.4, 0.5) is 0 Å². The van der Waals surface area contributed by atoms with Crippen molar-refractivity contribution in [2.45, 2.75) is 0 Å². The Balaban J connectivity index is 2.01. The summed E-state index contributed by atoms with van der Waals surface area (Å²) in [6.07, 6.45) is 0. The predicted octanol–water partition coefficient (Wildman–Crippen LogP) is 2.32. The van der Waals surface area contributed by atoms with Crippen LogP contribution in [0.3, 0.4) is 0 Å². The Bertz CT molecular complexity index is 767. The summed E-state index contributed by atoms with van der Waals surface area (Å²) in [7, 11) is 0. The molecule has 0 aliphatic carbocycles. The van der Waals surface area contributed by atoms with Crippen molar-refractivity contribution in [3.05, 3.63) is 60.2 Å². The van der Waals surface area contributed by atoms with Gasteiger partial charge in [0, 0.05) is 12.1 Å². The number of aromatic nitrogens is 1. The van der Waals surface area contributed by atoms with E-state index in [1.165, 1.54) is 12.1 Å². The van der Waals surface area contributed by atoms with E-state index in [0.29, 0.717) is 10.3 Å². The molecule has 1 heterocycles. The van der Waals surface area contributed by atoms with Crippen LogP contribution in [0, 0.1) is 0 Å². The van der Waals surface area contributed by atoms with Gasteiger partial charge in [0.1, 0.15) is 0 Å². The van der Waals surface area contributed by atoms with Crippen LogP contribution in [0.5, 0.6) is 11.8 Å². The Morgan fingerprint density at radius 2 is 1.55 bits per heavy atom. The molecule has 0 aliphatic heterocycles. The van der Waals surface area contributed by atoms with Gasteiger partial charge in [-0.15, -0.1) is 4.73 Å². The molecule has 20 heavy (non-hydrogen) atoms. The van der Waals surface area contributed by atoms with Crippen LogP contribution in [-0.4, -0.2) is 20.9 Å². The first kappa shape index (κ1) is 12.1.